The molecule has 0 unspecified atom stereocenters. The summed E-state index contributed by atoms with van der Waals surface area (Å²) in [5, 5.41) is 4.64. The molecule has 6 rings (SSSR count). The second kappa shape index (κ2) is 8.74. The molecule has 4 heteroatoms. The summed E-state index contributed by atoms with van der Waals surface area (Å²) < 4.78 is 9.05. The fourth-order valence-electron chi connectivity index (χ4n) is 5.32. The number of fused-ring (bicyclic) bond motifs is 4. The van der Waals surface area contributed by atoms with E-state index in [0.29, 0.717) is 0 Å². The van der Waals surface area contributed by atoms with E-state index in [4.69, 9.17) is 14.4 Å². The average Bonchev–Trinajstić information content (AvgIpc) is 3.26. The molecule has 0 fully saturated rings. The van der Waals surface area contributed by atoms with Crippen molar-refractivity contribution in [3.8, 4) is 22.5 Å². The molecule has 6 aromatic rings. The van der Waals surface area contributed by atoms with E-state index >= 15 is 0 Å². The summed E-state index contributed by atoms with van der Waals surface area (Å²) in [5.74, 6) is 0.845. The minimum Gasteiger partial charge on any atom is -0.454 e. The minimum absolute atomic E-state index is 0.103. The Morgan fingerprint density at radius 1 is 0.718 bits per heavy atom. The number of benzene rings is 3. The van der Waals surface area contributed by atoms with Crippen molar-refractivity contribution in [3.05, 3.63) is 90.0 Å². The number of hydrogen-bond donors (Lipinski definition) is 0. The van der Waals surface area contributed by atoms with Gasteiger partial charge >= 0.3 is 0 Å². The molecule has 0 saturated heterocycles. The number of para-hydroxylation sites is 1. The van der Waals surface area contributed by atoms with Gasteiger partial charge in [0.25, 0.3) is 0 Å². The van der Waals surface area contributed by atoms with Gasteiger partial charge < -0.3 is 4.42 Å². The van der Waals surface area contributed by atoms with Crippen molar-refractivity contribution in [1.29, 1.82) is 0 Å². The van der Waals surface area contributed by atoms with Gasteiger partial charge in [-0.1, -0.05) is 84.0 Å². The number of hydrogen-bond acceptors (Lipinski definition) is 3. The first-order valence-electron chi connectivity index (χ1n) is 13.7. The Balaban J connectivity index is 1.65. The Kier molecular flexibility index (Phi) is 5.65. The van der Waals surface area contributed by atoms with Crippen LogP contribution in [0.2, 0.25) is 0 Å². The van der Waals surface area contributed by atoms with Crippen LogP contribution in [0.4, 0.5) is 0 Å². The Labute approximate surface area is 230 Å². The predicted octanol–water partition coefficient (Wildman–Crippen LogP) is 8.59. The lowest BCUT2D eigenvalue weighted by molar-refractivity contribution is -0.659. The largest absolute Gasteiger partial charge is 0.454 e. The van der Waals surface area contributed by atoms with Crippen molar-refractivity contribution in [2.45, 2.75) is 59.3 Å². The van der Waals surface area contributed by atoms with Crippen LogP contribution in [0.25, 0.3) is 55.2 Å². The highest BCUT2D eigenvalue weighted by atomic mass is 16.3. The molecule has 0 radical (unpaired) electrons. The second-order valence-corrected chi connectivity index (χ2v) is 12.8. The minimum atomic E-state index is -0.174. The van der Waals surface area contributed by atoms with Crippen LogP contribution in [0.15, 0.2) is 77.3 Å². The highest BCUT2D eigenvalue weighted by Crippen LogP contribution is 2.41. The van der Waals surface area contributed by atoms with Crippen molar-refractivity contribution in [1.82, 2.24) is 9.97 Å². The van der Waals surface area contributed by atoms with E-state index in [1.807, 2.05) is 0 Å². The number of aromatic nitrogens is 3. The third-order valence-electron chi connectivity index (χ3n) is 7.57. The van der Waals surface area contributed by atoms with E-state index in [-0.39, 0.29) is 10.8 Å². The topological polar surface area (TPSA) is 42.8 Å². The SMILES string of the molecule is Cc1ccc2c(oc3c(-c4cc(C(C)(C)C)nc(C(C)(C)C)n4)cccc32)c1-c1cc2ccccc2c[n+]1C. The number of rotatable bonds is 2. The van der Waals surface area contributed by atoms with E-state index in [9.17, 15) is 0 Å². The van der Waals surface area contributed by atoms with E-state index in [1.54, 1.807) is 0 Å². The molecule has 39 heavy (non-hydrogen) atoms. The standard InChI is InChI=1S/C35H36N3O/c1-21-16-17-25-24-14-11-15-26(27-19-29(34(2,3)4)37-33(36-27)35(5,6)7)31(24)39-32(25)30(21)28-18-22-12-9-10-13-23(22)20-38(28)8/h9-20H,1-8H3/q+1. The molecule has 0 atom stereocenters. The van der Waals surface area contributed by atoms with Gasteiger partial charge in [0.05, 0.1) is 17.0 Å². The van der Waals surface area contributed by atoms with Gasteiger partial charge in [-0.05, 0) is 36.1 Å². The van der Waals surface area contributed by atoms with Crippen LogP contribution in [0.5, 0.6) is 0 Å². The van der Waals surface area contributed by atoms with Crippen molar-refractivity contribution in [3.63, 3.8) is 0 Å². The van der Waals surface area contributed by atoms with Crippen LogP contribution in [0.1, 0.15) is 58.6 Å². The molecule has 3 aromatic carbocycles. The highest BCUT2D eigenvalue weighted by molar-refractivity contribution is 6.13. The second-order valence-electron chi connectivity index (χ2n) is 12.8. The number of furan rings is 1. The highest BCUT2D eigenvalue weighted by Gasteiger charge is 2.26. The summed E-state index contributed by atoms with van der Waals surface area (Å²) in [5.41, 5.74) is 7.85. The molecule has 0 spiro atoms. The zero-order valence-electron chi connectivity index (χ0n) is 24.2. The molecule has 3 heterocycles. The maximum absolute atomic E-state index is 6.85. The van der Waals surface area contributed by atoms with Crippen LogP contribution < -0.4 is 4.57 Å². The molecule has 196 valence electrons. The number of nitrogens with zero attached hydrogens (tertiary/aromatic N) is 3. The monoisotopic (exact) mass is 514 g/mol. The van der Waals surface area contributed by atoms with Gasteiger partial charge in [-0.25, -0.2) is 14.5 Å². The number of aryl methyl sites for hydroxylation is 2. The Hall–Kier alpha value is -4.05. The van der Waals surface area contributed by atoms with Crippen LogP contribution in [-0.2, 0) is 17.9 Å². The molecule has 0 aliphatic carbocycles. The predicted molar refractivity (Wildman–Crippen MR) is 161 cm³/mol. The van der Waals surface area contributed by atoms with E-state index in [0.717, 1.165) is 56.0 Å². The summed E-state index contributed by atoms with van der Waals surface area (Å²) in [4.78, 5) is 10.1. The van der Waals surface area contributed by atoms with Crippen LogP contribution in [-0.4, -0.2) is 9.97 Å². The summed E-state index contributed by atoms with van der Waals surface area (Å²) in [7, 11) is 2.11. The van der Waals surface area contributed by atoms with Gasteiger partial charge in [-0.15, -0.1) is 0 Å². The van der Waals surface area contributed by atoms with Gasteiger partial charge in [-0.3, -0.25) is 0 Å². The normalized spacial score (nSPS) is 12.6. The molecule has 0 saturated carbocycles. The lowest BCUT2D eigenvalue weighted by Gasteiger charge is -2.23. The van der Waals surface area contributed by atoms with Crippen LogP contribution in [0.3, 0.4) is 0 Å². The zero-order valence-corrected chi connectivity index (χ0v) is 24.2. The summed E-state index contributed by atoms with van der Waals surface area (Å²) >= 11 is 0. The fourth-order valence-corrected chi connectivity index (χ4v) is 5.32. The third-order valence-corrected chi connectivity index (χ3v) is 7.57. The van der Waals surface area contributed by atoms with Gasteiger partial charge in [0.15, 0.2) is 6.20 Å². The molecule has 0 aliphatic heterocycles. The molecule has 0 aliphatic rings. The quantitative estimate of drug-likeness (QED) is 0.217. The van der Waals surface area contributed by atoms with Gasteiger partial charge in [0, 0.05) is 38.6 Å². The lowest BCUT2D eigenvalue weighted by Crippen LogP contribution is -2.30. The van der Waals surface area contributed by atoms with Crippen LogP contribution in [0, 0.1) is 6.92 Å². The number of pyridine rings is 1. The van der Waals surface area contributed by atoms with Crippen molar-refractivity contribution in [2.75, 3.05) is 0 Å². The summed E-state index contributed by atoms with van der Waals surface area (Å²) in [6.45, 7) is 15.3. The first-order valence-corrected chi connectivity index (χ1v) is 13.7. The molecule has 0 bridgehead atoms. The summed E-state index contributed by atoms with van der Waals surface area (Å²) in [6.07, 6.45) is 2.19. The van der Waals surface area contributed by atoms with Gasteiger partial charge in [0.2, 0.25) is 5.69 Å². The van der Waals surface area contributed by atoms with Crippen LogP contribution >= 0.6 is 0 Å². The maximum atomic E-state index is 6.85. The van der Waals surface area contributed by atoms with Crippen molar-refractivity contribution >= 4 is 32.7 Å². The van der Waals surface area contributed by atoms with E-state index < -0.39 is 0 Å². The van der Waals surface area contributed by atoms with Gasteiger partial charge in [-0.2, -0.15) is 0 Å². The Morgan fingerprint density at radius 3 is 2.15 bits per heavy atom. The van der Waals surface area contributed by atoms with E-state index in [2.05, 4.69) is 133 Å². The Bertz CT molecular complexity index is 1870. The molecule has 3 aromatic heterocycles. The van der Waals surface area contributed by atoms with E-state index in [1.165, 1.54) is 16.3 Å². The van der Waals surface area contributed by atoms with Crippen molar-refractivity contribution < 1.29 is 8.98 Å². The molecule has 0 N–H and O–H groups in total. The molecular formula is C35H36N3O+. The molecular weight excluding hydrogens is 478 g/mol. The average molecular weight is 515 g/mol. The zero-order chi connectivity index (χ0) is 27.7. The smallest absolute Gasteiger partial charge is 0.216 e. The maximum Gasteiger partial charge on any atom is 0.216 e. The van der Waals surface area contributed by atoms with Crippen molar-refractivity contribution in [2.24, 2.45) is 7.05 Å². The first-order chi connectivity index (χ1) is 18.4. The Morgan fingerprint density at radius 2 is 1.44 bits per heavy atom. The summed E-state index contributed by atoms with van der Waals surface area (Å²) in [6, 6.07) is 23.7. The third kappa shape index (κ3) is 4.28. The first kappa shape index (κ1) is 25.2. The molecule has 0 amide bonds. The van der Waals surface area contributed by atoms with Gasteiger partial charge in [0.1, 0.15) is 24.0 Å². The molecule has 4 nitrogen and oxygen atoms in total. The fraction of sp³-hybridized carbons (Fsp3) is 0.286. The lowest BCUT2D eigenvalue weighted by atomic mass is 9.89.